The number of hydrogen-bond acceptors (Lipinski definition) is 3. The molecule has 0 amide bonds. The van der Waals surface area contributed by atoms with Gasteiger partial charge in [0.15, 0.2) is 0 Å². The Morgan fingerprint density at radius 2 is 1.56 bits per heavy atom. The summed E-state index contributed by atoms with van der Waals surface area (Å²) < 4.78 is 11.0. The molecule has 0 saturated carbocycles. The van der Waals surface area contributed by atoms with Gasteiger partial charge in [-0.1, -0.05) is 0 Å². The fraction of sp³-hybridized carbons (Fsp3) is 0.455. The van der Waals surface area contributed by atoms with Crippen LogP contribution in [0, 0.1) is 0 Å². The first kappa shape index (κ1) is 13.9. The number of rotatable bonds is 5. The molecule has 0 bridgehead atoms. The first-order valence-electron chi connectivity index (χ1n) is 5.24. The average molecular weight is 265 g/mol. The third-order valence-corrected chi connectivity index (χ3v) is 5.73. The van der Waals surface area contributed by atoms with E-state index < -0.39 is 7.28 Å². The summed E-state index contributed by atoms with van der Waals surface area (Å²) in [6, 6.07) is 6.92. The number of hydrogen-bond donors (Lipinski definition) is 1. The van der Waals surface area contributed by atoms with Gasteiger partial charge in [0.05, 0.1) is 0 Å². The van der Waals surface area contributed by atoms with Crippen LogP contribution in [0.15, 0.2) is 24.3 Å². The first-order chi connectivity index (χ1) is 7.41. The van der Waals surface area contributed by atoms with Crippen molar-refractivity contribution in [1.82, 2.24) is 0 Å². The molecule has 0 aliphatic carbocycles. The summed E-state index contributed by atoms with van der Waals surface area (Å²) in [5.74, 6) is 0. The van der Waals surface area contributed by atoms with Gasteiger partial charge in [-0.25, -0.2) is 0 Å². The Balaban J connectivity index is 3.15. The van der Waals surface area contributed by atoms with E-state index in [9.17, 15) is 4.89 Å². The number of benzene rings is 1. The van der Waals surface area contributed by atoms with Gasteiger partial charge in [0.25, 0.3) is 0 Å². The van der Waals surface area contributed by atoms with E-state index >= 15 is 0 Å². The van der Waals surface area contributed by atoms with Gasteiger partial charge in [-0.2, -0.15) is 0 Å². The molecule has 0 spiro atoms. The maximum absolute atomic E-state index is 10.7. The van der Waals surface area contributed by atoms with E-state index in [1.165, 1.54) is 0 Å². The normalized spacial score (nSPS) is 14.4. The van der Waals surface area contributed by atoms with Crippen molar-refractivity contribution in [3.05, 3.63) is 29.3 Å². The molecule has 16 heavy (non-hydrogen) atoms. The second kappa shape index (κ2) is 4.99. The molecule has 0 aromatic heterocycles. The zero-order valence-corrected chi connectivity index (χ0v) is 11.5. The maximum atomic E-state index is 10.7. The van der Waals surface area contributed by atoms with Crippen LogP contribution in [0.4, 0.5) is 0 Å². The molecule has 0 aliphatic rings. The number of halogens is 1. The Labute approximate surface area is 102 Å². The molecular weight excluding hydrogens is 247 g/mol. The second-order valence-electron chi connectivity index (χ2n) is 3.62. The molecule has 92 valence electrons. The molecule has 0 heterocycles. The van der Waals surface area contributed by atoms with Crippen LogP contribution < -0.4 is 5.30 Å². The van der Waals surface area contributed by atoms with E-state index in [2.05, 4.69) is 0 Å². The zero-order valence-electron chi connectivity index (χ0n) is 9.81. The third-order valence-electron chi connectivity index (χ3n) is 2.28. The monoisotopic (exact) mass is 264 g/mol. The molecule has 1 aromatic carbocycles. The minimum atomic E-state index is -3.68. The van der Waals surface area contributed by atoms with Crippen molar-refractivity contribution in [1.29, 1.82) is 0 Å². The van der Waals surface area contributed by atoms with Crippen LogP contribution in [0.5, 0.6) is 0 Å². The Hall–Kier alpha value is -0.180. The quantitative estimate of drug-likeness (QED) is 0.831. The molecule has 1 N–H and O–H groups in total. The van der Waals surface area contributed by atoms with Crippen LogP contribution in [0.1, 0.15) is 13.8 Å². The molecule has 5 heteroatoms. The van der Waals surface area contributed by atoms with Crippen molar-refractivity contribution in [2.45, 2.75) is 13.8 Å². The van der Waals surface area contributed by atoms with E-state index in [1.54, 1.807) is 30.9 Å². The average Bonchev–Trinajstić information content (AvgIpc) is 2.18. The van der Waals surface area contributed by atoms with Gasteiger partial charge in [-0.05, 0) is 0 Å². The van der Waals surface area contributed by atoms with Crippen LogP contribution >= 0.6 is 18.9 Å². The molecule has 0 fully saturated rings. The predicted molar refractivity (Wildman–Crippen MR) is 69.4 cm³/mol. The summed E-state index contributed by atoms with van der Waals surface area (Å²) in [6.07, 6.45) is 0. The van der Waals surface area contributed by atoms with Crippen LogP contribution in [0.25, 0.3) is 0 Å². The van der Waals surface area contributed by atoms with Crippen molar-refractivity contribution >= 4 is 24.2 Å². The van der Waals surface area contributed by atoms with E-state index in [0.29, 0.717) is 23.5 Å². The third kappa shape index (κ3) is 2.93. The second-order valence-corrected chi connectivity index (χ2v) is 7.71. The van der Waals surface area contributed by atoms with E-state index in [-0.39, 0.29) is 0 Å². The molecule has 0 unspecified atom stereocenters. The molecule has 1 rings (SSSR count). The van der Waals surface area contributed by atoms with Crippen molar-refractivity contribution in [3.63, 3.8) is 0 Å². The summed E-state index contributed by atoms with van der Waals surface area (Å²) in [5.41, 5.74) is 0. The molecule has 0 radical (unpaired) electrons. The molecule has 3 nitrogen and oxygen atoms in total. The summed E-state index contributed by atoms with van der Waals surface area (Å²) >= 11 is 5.81. The van der Waals surface area contributed by atoms with Gasteiger partial charge in [0, 0.05) is 0 Å². The van der Waals surface area contributed by atoms with Crippen LogP contribution in [-0.4, -0.2) is 24.8 Å². The standard InChI is InChI=1S/C11H18ClO3P/c1-4-14-16(3,13,15-5-2)11-8-6-10(12)7-9-11/h6-9,13H,4-5H2,1-3H3. The zero-order chi connectivity index (χ0) is 12.3. The van der Waals surface area contributed by atoms with Gasteiger partial charge in [0.2, 0.25) is 0 Å². The van der Waals surface area contributed by atoms with Gasteiger partial charge in [-0.15, -0.1) is 0 Å². The van der Waals surface area contributed by atoms with E-state index in [4.69, 9.17) is 20.6 Å². The van der Waals surface area contributed by atoms with Crippen LogP contribution in [0.2, 0.25) is 5.02 Å². The SMILES string of the molecule is CCOP(C)(O)(OCC)c1ccc(Cl)cc1. The van der Waals surface area contributed by atoms with Crippen molar-refractivity contribution in [2.24, 2.45) is 0 Å². The van der Waals surface area contributed by atoms with E-state index in [1.807, 2.05) is 13.8 Å². The Bertz CT molecular complexity index is 341. The Kier molecular flexibility index (Phi) is 4.33. The Morgan fingerprint density at radius 3 is 1.94 bits per heavy atom. The van der Waals surface area contributed by atoms with Crippen molar-refractivity contribution in [2.75, 3.05) is 19.9 Å². The molecule has 0 aliphatic heterocycles. The summed E-state index contributed by atoms with van der Waals surface area (Å²) in [4.78, 5) is 10.7. The topological polar surface area (TPSA) is 38.7 Å². The minimum absolute atomic E-state index is 0.396. The van der Waals surface area contributed by atoms with Gasteiger partial charge < -0.3 is 0 Å². The van der Waals surface area contributed by atoms with Crippen LogP contribution in [-0.2, 0) is 9.05 Å². The van der Waals surface area contributed by atoms with Gasteiger partial charge >= 0.3 is 101 Å². The molecule has 0 saturated heterocycles. The summed E-state index contributed by atoms with van der Waals surface area (Å²) in [5, 5.41) is 1.27. The summed E-state index contributed by atoms with van der Waals surface area (Å²) in [7, 11) is -3.68. The van der Waals surface area contributed by atoms with E-state index in [0.717, 1.165) is 0 Å². The van der Waals surface area contributed by atoms with Crippen molar-refractivity contribution in [3.8, 4) is 0 Å². The fourth-order valence-electron chi connectivity index (χ4n) is 1.57. The van der Waals surface area contributed by atoms with Crippen LogP contribution in [0.3, 0.4) is 0 Å². The molecular formula is C11H18ClO3P. The molecule has 0 atom stereocenters. The van der Waals surface area contributed by atoms with Gasteiger partial charge in [0.1, 0.15) is 0 Å². The Morgan fingerprint density at radius 1 is 1.12 bits per heavy atom. The molecule has 1 aromatic rings. The van der Waals surface area contributed by atoms with Crippen molar-refractivity contribution < 1.29 is 13.9 Å². The first-order valence-corrected chi connectivity index (χ1v) is 8.09. The fourth-order valence-corrected chi connectivity index (χ4v) is 4.11. The summed E-state index contributed by atoms with van der Waals surface area (Å²) in [6.45, 7) is 6.08. The predicted octanol–water partition coefficient (Wildman–Crippen LogP) is 2.96. The van der Waals surface area contributed by atoms with Gasteiger partial charge in [-0.3, -0.25) is 0 Å².